The van der Waals surface area contributed by atoms with Crippen LogP contribution in [0.15, 0.2) is 18.2 Å². The summed E-state index contributed by atoms with van der Waals surface area (Å²) in [5.74, 6) is 0.532. The zero-order valence-electron chi connectivity index (χ0n) is 7.93. The van der Waals surface area contributed by atoms with Gasteiger partial charge >= 0.3 is 0 Å². The van der Waals surface area contributed by atoms with E-state index in [0.29, 0.717) is 16.2 Å². The molecule has 0 saturated carbocycles. The fraction of sp³-hybridized carbons (Fsp3) is 0.111. The first-order valence-corrected chi connectivity index (χ1v) is 4.63. The Bertz CT molecular complexity index is 538. The molecule has 0 saturated heterocycles. The molecule has 6 heteroatoms. The molecular formula is C9H9N3O2S. The standard InChI is InChI=1S/C9H9N3O2S/c1-12-8(10-11-9(12)15)5-2-6(13)4-7(14)3-5/h2-4,13-14H,1H3,(H,11,15). The molecule has 1 aromatic heterocycles. The van der Waals surface area contributed by atoms with E-state index in [1.807, 2.05) is 0 Å². The zero-order chi connectivity index (χ0) is 11.0. The van der Waals surface area contributed by atoms with Crippen LogP contribution >= 0.6 is 12.2 Å². The van der Waals surface area contributed by atoms with Crippen molar-refractivity contribution in [2.24, 2.45) is 7.05 Å². The van der Waals surface area contributed by atoms with Crippen LogP contribution in [0.3, 0.4) is 0 Å². The Morgan fingerprint density at radius 2 is 1.87 bits per heavy atom. The second-order valence-electron chi connectivity index (χ2n) is 3.15. The number of aromatic amines is 1. The van der Waals surface area contributed by atoms with Crippen LogP contribution in [0.5, 0.6) is 11.5 Å². The lowest BCUT2D eigenvalue weighted by molar-refractivity contribution is 0.451. The number of phenols is 2. The molecule has 0 unspecified atom stereocenters. The number of aromatic nitrogens is 3. The molecular weight excluding hydrogens is 214 g/mol. The van der Waals surface area contributed by atoms with E-state index in [9.17, 15) is 10.2 Å². The van der Waals surface area contributed by atoms with Gasteiger partial charge in [0.25, 0.3) is 0 Å². The Kier molecular flexibility index (Phi) is 2.20. The Labute approximate surface area is 90.6 Å². The Balaban J connectivity index is 2.63. The molecule has 3 N–H and O–H groups in total. The largest absolute Gasteiger partial charge is 0.508 e. The third kappa shape index (κ3) is 1.71. The van der Waals surface area contributed by atoms with Gasteiger partial charge in [-0.2, -0.15) is 5.10 Å². The molecule has 5 nitrogen and oxygen atoms in total. The molecule has 2 aromatic rings. The molecule has 15 heavy (non-hydrogen) atoms. The molecule has 78 valence electrons. The van der Waals surface area contributed by atoms with Gasteiger partial charge in [-0.1, -0.05) is 0 Å². The molecule has 0 spiro atoms. The van der Waals surface area contributed by atoms with Crippen molar-refractivity contribution < 1.29 is 10.2 Å². The lowest BCUT2D eigenvalue weighted by Crippen LogP contribution is -1.92. The van der Waals surface area contributed by atoms with Gasteiger partial charge in [-0.3, -0.25) is 5.10 Å². The lowest BCUT2D eigenvalue weighted by atomic mass is 10.2. The summed E-state index contributed by atoms with van der Waals surface area (Å²) in [6.45, 7) is 0. The highest BCUT2D eigenvalue weighted by molar-refractivity contribution is 7.71. The second kappa shape index (κ2) is 3.39. The van der Waals surface area contributed by atoms with Gasteiger partial charge in [-0.05, 0) is 24.4 Å². The monoisotopic (exact) mass is 223 g/mol. The van der Waals surface area contributed by atoms with Gasteiger partial charge in [0.1, 0.15) is 11.5 Å². The first kappa shape index (κ1) is 9.72. The van der Waals surface area contributed by atoms with Crippen molar-refractivity contribution in [1.82, 2.24) is 14.8 Å². The van der Waals surface area contributed by atoms with Crippen molar-refractivity contribution >= 4 is 12.2 Å². The quantitative estimate of drug-likeness (QED) is 0.641. The Morgan fingerprint density at radius 1 is 1.27 bits per heavy atom. The molecule has 0 aliphatic rings. The van der Waals surface area contributed by atoms with Crippen LogP contribution in [-0.2, 0) is 7.05 Å². The number of nitrogens with one attached hydrogen (secondary N) is 1. The lowest BCUT2D eigenvalue weighted by Gasteiger charge is -2.02. The summed E-state index contributed by atoms with van der Waals surface area (Å²) in [5.41, 5.74) is 0.599. The van der Waals surface area contributed by atoms with E-state index < -0.39 is 0 Å². The Morgan fingerprint density at radius 3 is 2.33 bits per heavy atom. The molecule has 0 aliphatic heterocycles. The fourth-order valence-corrected chi connectivity index (χ4v) is 1.46. The van der Waals surface area contributed by atoms with E-state index in [1.54, 1.807) is 11.6 Å². The fourth-order valence-electron chi connectivity index (χ4n) is 1.33. The number of H-pyrrole nitrogens is 1. The summed E-state index contributed by atoms with van der Waals surface area (Å²) in [6.07, 6.45) is 0. The van der Waals surface area contributed by atoms with Gasteiger partial charge in [-0.15, -0.1) is 0 Å². The number of aromatic hydroxyl groups is 2. The predicted octanol–water partition coefficient (Wildman–Crippen LogP) is 1.56. The van der Waals surface area contributed by atoms with Crippen molar-refractivity contribution in [3.05, 3.63) is 23.0 Å². The van der Waals surface area contributed by atoms with Crippen molar-refractivity contribution in [1.29, 1.82) is 0 Å². The number of phenolic OH excluding ortho intramolecular Hbond substituents is 2. The third-order valence-electron chi connectivity index (χ3n) is 2.04. The molecule has 0 fully saturated rings. The van der Waals surface area contributed by atoms with E-state index >= 15 is 0 Å². The van der Waals surface area contributed by atoms with Gasteiger partial charge < -0.3 is 14.8 Å². The number of hydrogen-bond acceptors (Lipinski definition) is 4. The summed E-state index contributed by atoms with van der Waals surface area (Å²) in [7, 11) is 1.75. The molecule has 0 bridgehead atoms. The Hall–Kier alpha value is -1.82. The maximum atomic E-state index is 9.32. The van der Waals surface area contributed by atoms with Crippen molar-refractivity contribution in [2.75, 3.05) is 0 Å². The minimum atomic E-state index is -0.0149. The number of rotatable bonds is 1. The van der Waals surface area contributed by atoms with Crippen LogP contribution in [0.4, 0.5) is 0 Å². The molecule has 1 aromatic carbocycles. The SMILES string of the molecule is Cn1c(-c2cc(O)cc(O)c2)n[nH]c1=S. The van der Waals surface area contributed by atoms with E-state index in [4.69, 9.17) is 12.2 Å². The number of nitrogens with zero attached hydrogens (tertiary/aromatic N) is 2. The van der Waals surface area contributed by atoms with Gasteiger partial charge in [0.05, 0.1) is 0 Å². The van der Waals surface area contributed by atoms with E-state index in [0.717, 1.165) is 0 Å². The van der Waals surface area contributed by atoms with E-state index in [2.05, 4.69) is 10.2 Å². The van der Waals surface area contributed by atoms with Crippen molar-refractivity contribution in [3.8, 4) is 22.9 Å². The minimum Gasteiger partial charge on any atom is -0.508 e. The van der Waals surface area contributed by atoms with Crippen LogP contribution in [0.25, 0.3) is 11.4 Å². The molecule has 0 atom stereocenters. The van der Waals surface area contributed by atoms with Gasteiger partial charge in [0, 0.05) is 18.7 Å². The number of benzene rings is 1. The second-order valence-corrected chi connectivity index (χ2v) is 3.54. The maximum absolute atomic E-state index is 9.32. The summed E-state index contributed by atoms with van der Waals surface area (Å²) >= 11 is 4.96. The average Bonchev–Trinajstić information content (AvgIpc) is 2.46. The topological polar surface area (TPSA) is 74.1 Å². The van der Waals surface area contributed by atoms with E-state index in [1.165, 1.54) is 18.2 Å². The highest BCUT2D eigenvalue weighted by atomic mass is 32.1. The molecule has 0 radical (unpaired) electrons. The predicted molar refractivity (Wildman–Crippen MR) is 57.2 cm³/mol. The van der Waals surface area contributed by atoms with Crippen LogP contribution in [-0.4, -0.2) is 25.0 Å². The van der Waals surface area contributed by atoms with Crippen LogP contribution in [0.2, 0.25) is 0 Å². The van der Waals surface area contributed by atoms with Gasteiger partial charge in [0.15, 0.2) is 10.6 Å². The summed E-state index contributed by atoms with van der Waals surface area (Å²) in [6, 6.07) is 4.26. The van der Waals surface area contributed by atoms with E-state index in [-0.39, 0.29) is 11.5 Å². The average molecular weight is 223 g/mol. The van der Waals surface area contributed by atoms with Crippen LogP contribution < -0.4 is 0 Å². The normalized spacial score (nSPS) is 10.5. The molecule has 0 amide bonds. The van der Waals surface area contributed by atoms with Crippen LogP contribution in [0, 0.1) is 4.77 Å². The number of hydrogen-bond donors (Lipinski definition) is 3. The zero-order valence-corrected chi connectivity index (χ0v) is 8.75. The molecule has 2 rings (SSSR count). The first-order valence-electron chi connectivity index (χ1n) is 4.23. The highest BCUT2D eigenvalue weighted by Gasteiger charge is 2.07. The maximum Gasteiger partial charge on any atom is 0.195 e. The molecule has 1 heterocycles. The third-order valence-corrected chi connectivity index (χ3v) is 2.41. The minimum absolute atomic E-state index is 0.0149. The van der Waals surface area contributed by atoms with Crippen LogP contribution in [0.1, 0.15) is 0 Å². The van der Waals surface area contributed by atoms with Crippen molar-refractivity contribution in [3.63, 3.8) is 0 Å². The summed E-state index contributed by atoms with van der Waals surface area (Å²) in [5, 5.41) is 25.3. The van der Waals surface area contributed by atoms with Gasteiger partial charge in [0.2, 0.25) is 0 Å². The smallest absolute Gasteiger partial charge is 0.195 e. The van der Waals surface area contributed by atoms with Crippen molar-refractivity contribution in [2.45, 2.75) is 0 Å². The molecule has 0 aliphatic carbocycles. The summed E-state index contributed by atoms with van der Waals surface area (Å²) in [4.78, 5) is 0. The highest BCUT2D eigenvalue weighted by Crippen LogP contribution is 2.26. The van der Waals surface area contributed by atoms with Gasteiger partial charge in [-0.25, -0.2) is 0 Å². The summed E-state index contributed by atoms with van der Waals surface area (Å²) < 4.78 is 2.14. The first-order chi connectivity index (χ1) is 7.08.